The van der Waals surface area contributed by atoms with E-state index in [-0.39, 0.29) is 6.04 Å². The van der Waals surface area contributed by atoms with Gasteiger partial charge in [0.2, 0.25) is 0 Å². The number of hydrogen-bond donors (Lipinski definition) is 2. The van der Waals surface area contributed by atoms with Gasteiger partial charge in [0, 0.05) is 19.5 Å². The highest BCUT2D eigenvalue weighted by Gasteiger charge is 2.24. The summed E-state index contributed by atoms with van der Waals surface area (Å²) in [5.74, 6) is 7.18. The molecule has 0 aliphatic carbocycles. The van der Waals surface area contributed by atoms with Crippen molar-refractivity contribution in [2.45, 2.75) is 46.6 Å². The zero-order chi connectivity index (χ0) is 13.1. The van der Waals surface area contributed by atoms with Gasteiger partial charge in [-0.2, -0.15) is 5.10 Å². The van der Waals surface area contributed by atoms with Crippen LogP contribution in [-0.2, 0) is 13.5 Å². The van der Waals surface area contributed by atoms with Gasteiger partial charge in [0.05, 0.1) is 0 Å². The van der Waals surface area contributed by atoms with Crippen LogP contribution in [0.5, 0.6) is 0 Å². The third-order valence-electron chi connectivity index (χ3n) is 3.59. The average Bonchev–Trinajstić information content (AvgIpc) is 2.61. The van der Waals surface area contributed by atoms with Gasteiger partial charge in [0.1, 0.15) is 12.2 Å². The van der Waals surface area contributed by atoms with Crippen LogP contribution in [0.1, 0.15) is 39.9 Å². The summed E-state index contributed by atoms with van der Waals surface area (Å²) < 4.78 is 1.80. The Morgan fingerprint density at radius 3 is 2.53 bits per heavy atom. The molecule has 0 fully saturated rings. The van der Waals surface area contributed by atoms with Gasteiger partial charge in [-0.25, -0.2) is 4.98 Å². The maximum atomic E-state index is 5.62. The second kappa shape index (κ2) is 5.60. The van der Waals surface area contributed by atoms with E-state index in [1.54, 1.807) is 11.0 Å². The van der Waals surface area contributed by atoms with Gasteiger partial charge in [-0.3, -0.25) is 16.0 Å². The number of rotatable bonds is 5. The molecule has 0 aliphatic rings. The van der Waals surface area contributed by atoms with Gasteiger partial charge >= 0.3 is 0 Å². The van der Waals surface area contributed by atoms with E-state index in [0.29, 0.717) is 11.3 Å². The first-order chi connectivity index (χ1) is 7.84. The van der Waals surface area contributed by atoms with Crippen LogP contribution >= 0.6 is 0 Å². The molecule has 1 heterocycles. The SMILES string of the molecule is CC(CC(Cc1ncnn1C)NN)C(C)(C)C. The highest BCUT2D eigenvalue weighted by Crippen LogP contribution is 2.29. The minimum Gasteiger partial charge on any atom is -0.271 e. The summed E-state index contributed by atoms with van der Waals surface area (Å²) in [5, 5.41) is 4.07. The molecule has 2 atom stereocenters. The van der Waals surface area contributed by atoms with Crippen molar-refractivity contribution in [1.82, 2.24) is 20.2 Å². The number of hydrazine groups is 1. The molecule has 2 unspecified atom stereocenters. The van der Waals surface area contributed by atoms with Gasteiger partial charge in [-0.15, -0.1) is 0 Å². The van der Waals surface area contributed by atoms with Crippen LogP contribution in [0.25, 0.3) is 0 Å². The average molecular weight is 239 g/mol. The zero-order valence-electron chi connectivity index (χ0n) is 11.6. The third-order valence-corrected chi connectivity index (χ3v) is 3.59. The summed E-state index contributed by atoms with van der Waals surface area (Å²) >= 11 is 0. The Morgan fingerprint density at radius 2 is 2.12 bits per heavy atom. The highest BCUT2D eigenvalue weighted by molar-refractivity contribution is 4.89. The largest absolute Gasteiger partial charge is 0.271 e. The van der Waals surface area contributed by atoms with E-state index in [2.05, 4.69) is 43.2 Å². The second-order valence-corrected chi connectivity index (χ2v) is 5.87. The Balaban J connectivity index is 2.58. The third kappa shape index (κ3) is 4.09. The predicted octanol–water partition coefficient (Wildman–Crippen LogP) is 1.26. The molecule has 0 spiro atoms. The molecule has 0 saturated carbocycles. The Hall–Kier alpha value is -0.940. The van der Waals surface area contributed by atoms with Gasteiger partial charge in [-0.1, -0.05) is 27.7 Å². The Kier molecular flexibility index (Phi) is 4.65. The molecular weight excluding hydrogens is 214 g/mol. The molecule has 0 radical (unpaired) electrons. The lowest BCUT2D eigenvalue weighted by atomic mass is 9.78. The molecule has 17 heavy (non-hydrogen) atoms. The van der Waals surface area contributed by atoms with Crippen LogP contribution in [0, 0.1) is 11.3 Å². The normalized spacial score (nSPS) is 15.9. The highest BCUT2D eigenvalue weighted by atomic mass is 15.3. The van der Waals surface area contributed by atoms with Crippen molar-refractivity contribution in [1.29, 1.82) is 0 Å². The monoisotopic (exact) mass is 239 g/mol. The number of nitrogens with one attached hydrogen (secondary N) is 1. The molecule has 1 aromatic heterocycles. The summed E-state index contributed by atoms with van der Waals surface area (Å²) in [6.07, 6.45) is 3.43. The summed E-state index contributed by atoms with van der Waals surface area (Å²) in [6, 6.07) is 0.243. The van der Waals surface area contributed by atoms with Crippen LogP contribution in [-0.4, -0.2) is 20.8 Å². The molecule has 3 N–H and O–H groups in total. The minimum absolute atomic E-state index is 0.243. The number of nitrogens with two attached hydrogens (primary N) is 1. The lowest BCUT2D eigenvalue weighted by Crippen LogP contribution is -2.40. The zero-order valence-corrected chi connectivity index (χ0v) is 11.6. The van der Waals surface area contributed by atoms with E-state index in [1.165, 1.54) is 0 Å². The number of aromatic nitrogens is 3. The summed E-state index contributed by atoms with van der Waals surface area (Å²) in [4.78, 5) is 4.23. The van der Waals surface area contributed by atoms with Gasteiger partial charge in [-0.05, 0) is 17.8 Å². The molecule has 0 aliphatic heterocycles. The summed E-state index contributed by atoms with van der Waals surface area (Å²) in [6.45, 7) is 9.04. The van der Waals surface area contributed by atoms with E-state index < -0.39 is 0 Å². The molecule has 0 amide bonds. The molecule has 1 aromatic rings. The minimum atomic E-state index is 0.243. The fourth-order valence-corrected chi connectivity index (χ4v) is 1.72. The van der Waals surface area contributed by atoms with Crippen molar-refractivity contribution in [2.24, 2.45) is 24.2 Å². The molecular formula is C12H25N5. The van der Waals surface area contributed by atoms with Crippen LogP contribution in [0.2, 0.25) is 0 Å². The molecule has 0 bridgehead atoms. The van der Waals surface area contributed by atoms with Crippen molar-refractivity contribution in [3.63, 3.8) is 0 Å². The molecule has 0 aromatic carbocycles. The summed E-state index contributed by atoms with van der Waals surface area (Å²) in [7, 11) is 1.91. The van der Waals surface area contributed by atoms with E-state index in [1.807, 2.05) is 7.05 Å². The predicted molar refractivity (Wildman–Crippen MR) is 69.1 cm³/mol. The quantitative estimate of drug-likeness (QED) is 0.599. The van der Waals surface area contributed by atoms with Crippen LogP contribution in [0.15, 0.2) is 6.33 Å². The summed E-state index contributed by atoms with van der Waals surface area (Å²) in [5.41, 5.74) is 3.19. The van der Waals surface area contributed by atoms with Crippen molar-refractivity contribution < 1.29 is 0 Å². The van der Waals surface area contributed by atoms with Crippen molar-refractivity contribution in [3.8, 4) is 0 Å². The van der Waals surface area contributed by atoms with Gasteiger partial charge in [0.15, 0.2) is 0 Å². The smallest absolute Gasteiger partial charge is 0.138 e. The van der Waals surface area contributed by atoms with Crippen molar-refractivity contribution in [2.75, 3.05) is 0 Å². The number of hydrogen-bond acceptors (Lipinski definition) is 4. The lowest BCUT2D eigenvalue weighted by Gasteiger charge is -2.30. The fraction of sp³-hybridized carbons (Fsp3) is 0.833. The molecule has 5 heteroatoms. The first-order valence-corrected chi connectivity index (χ1v) is 6.13. The molecule has 98 valence electrons. The topological polar surface area (TPSA) is 68.8 Å². The molecule has 5 nitrogen and oxygen atoms in total. The molecule has 1 rings (SSSR count). The standard InChI is InChI=1S/C12H25N5/c1-9(12(2,3)4)6-10(16-13)7-11-14-8-15-17(11)5/h8-10,16H,6-7,13H2,1-5H3. The fourth-order valence-electron chi connectivity index (χ4n) is 1.72. The number of aryl methyl sites for hydroxylation is 1. The van der Waals surface area contributed by atoms with E-state index >= 15 is 0 Å². The lowest BCUT2D eigenvalue weighted by molar-refractivity contribution is 0.221. The maximum Gasteiger partial charge on any atom is 0.138 e. The first kappa shape index (κ1) is 14.1. The van der Waals surface area contributed by atoms with E-state index in [9.17, 15) is 0 Å². The van der Waals surface area contributed by atoms with Gasteiger partial charge < -0.3 is 0 Å². The van der Waals surface area contributed by atoms with Gasteiger partial charge in [0.25, 0.3) is 0 Å². The van der Waals surface area contributed by atoms with Crippen molar-refractivity contribution >= 4 is 0 Å². The molecule has 0 saturated heterocycles. The maximum absolute atomic E-state index is 5.62. The Bertz CT molecular complexity index is 339. The Labute approximate surface area is 104 Å². The van der Waals surface area contributed by atoms with Crippen LogP contribution in [0.3, 0.4) is 0 Å². The van der Waals surface area contributed by atoms with Crippen molar-refractivity contribution in [3.05, 3.63) is 12.2 Å². The van der Waals surface area contributed by atoms with E-state index in [4.69, 9.17) is 5.84 Å². The number of nitrogens with zero attached hydrogens (tertiary/aromatic N) is 3. The Morgan fingerprint density at radius 1 is 1.47 bits per heavy atom. The van der Waals surface area contributed by atoms with Crippen LogP contribution < -0.4 is 11.3 Å². The first-order valence-electron chi connectivity index (χ1n) is 6.13. The van der Waals surface area contributed by atoms with Crippen LogP contribution in [0.4, 0.5) is 0 Å². The second-order valence-electron chi connectivity index (χ2n) is 5.87. The van der Waals surface area contributed by atoms with E-state index in [0.717, 1.165) is 18.7 Å².